The van der Waals surface area contributed by atoms with E-state index in [0.717, 1.165) is 29.0 Å². The predicted molar refractivity (Wildman–Crippen MR) is 83.4 cm³/mol. The van der Waals surface area contributed by atoms with Crippen LogP contribution >= 0.6 is 11.3 Å². The van der Waals surface area contributed by atoms with Crippen LogP contribution in [-0.4, -0.2) is 19.1 Å². The topological polar surface area (TPSA) is 64.3 Å². The van der Waals surface area contributed by atoms with Crippen molar-refractivity contribution in [1.82, 2.24) is 5.32 Å². The summed E-state index contributed by atoms with van der Waals surface area (Å²) in [6, 6.07) is 11.5. The quantitative estimate of drug-likeness (QED) is 0.910. The van der Waals surface area contributed by atoms with Gasteiger partial charge in [0.1, 0.15) is 0 Å². The van der Waals surface area contributed by atoms with E-state index in [4.69, 9.17) is 10.5 Å². The molecule has 0 fully saturated rings. The third-order valence-corrected chi connectivity index (χ3v) is 4.80. The van der Waals surface area contributed by atoms with Gasteiger partial charge < -0.3 is 15.8 Å². The maximum absolute atomic E-state index is 12.2. The summed E-state index contributed by atoms with van der Waals surface area (Å²) in [7, 11) is 0. The highest BCUT2D eigenvalue weighted by Gasteiger charge is 2.18. The monoisotopic (exact) mass is 302 g/mol. The van der Waals surface area contributed by atoms with Gasteiger partial charge >= 0.3 is 0 Å². The lowest BCUT2D eigenvalue weighted by molar-refractivity contribution is 0.0954. The van der Waals surface area contributed by atoms with Crippen LogP contribution in [0.3, 0.4) is 0 Å². The van der Waals surface area contributed by atoms with Crippen LogP contribution in [0.2, 0.25) is 0 Å². The summed E-state index contributed by atoms with van der Waals surface area (Å²) in [5, 5.41) is 2.91. The number of nitrogens with one attached hydrogen (secondary N) is 1. The van der Waals surface area contributed by atoms with E-state index in [1.165, 1.54) is 4.88 Å². The molecule has 0 bridgehead atoms. The zero-order valence-electron chi connectivity index (χ0n) is 11.7. The van der Waals surface area contributed by atoms with Crippen LogP contribution < -0.4 is 11.1 Å². The number of thiophene rings is 1. The van der Waals surface area contributed by atoms with Gasteiger partial charge in [0, 0.05) is 23.9 Å². The van der Waals surface area contributed by atoms with Crippen molar-refractivity contribution in [2.24, 2.45) is 5.73 Å². The number of carbonyl (C=O) groups is 1. The van der Waals surface area contributed by atoms with Crippen LogP contribution in [0.4, 0.5) is 0 Å². The minimum Gasteiger partial charge on any atom is -0.376 e. The Kier molecular flexibility index (Phi) is 4.34. The average Bonchev–Trinajstić information content (AvgIpc) is 2.97. The molecule has 1 atom stereocenters. The fourth-order valence-electron chi connectivity index (χ4n) is 2.37. The van der Waals surface area contributed by atoms with Crippen molar-refractivity contribution in [3.8, 4) is 0 Å². The molecular weight excluding hydrogens is 284 g/mol. The summed E-state index contributed by atoms with van der Waals surface area (Å²) in [6.45, 7) is 1.79. The third-order valence-electron chi connectivity index (χ3n) is 3.56. The van der Waals surface area contributed by atoms with Gasteiger partial charge in [0.15, 0.2) is 0 Å². The Morgan fingerprint density at radius 2 is 2.19 bits per heavy atom. The van der Waals surface area contributed by atoms with Gasteiger partial charge in [-0.15, -0.1) is 11.3 Å². The number of ether oxygens (including phenoxy) is 1. The Balaban J connectivity index is 1.60. The fourth-order valence-corrected chi connectivity index (χ4v) is 3.43. The van der Waals surface area contributed by atoms with Gasteiger partial charge in [-0.2, -0.15) is 0 Å². The first-order valence-electron chi connectivity index (χ1n) is 7.02. The van der Waals surface area contributed by atoms with Gasteiger partial charge in [-0.3, -0.25) is 4.79 Å². The summed E-state index contributed by atoms with van der Waals surface area (Å²) in [4.78, 5) is 14.2. The minimum atomic E-state index is -0.187. The molecule has 0 saturated heterocycles. The number of carbonyl (C=O) groups excluding carboxylic acids is 1. The van der Waals surface area contributed by atoms with Crippen LogP contribution in [0, 0.1) is 0 Å². The summed E-state index contributed by atoms with van der Waals surface area (Å²) in [5.41, 5.74) is 8.25. The minimum absolute atomic E-state index is 0.0548. The third kappa shape index (κ3) is 3.32. The molecule has 1 aliphatic heterocycles. The van der Waals surface area contributed by atoms with Gasteiger partial charge in [0.25, 0.3) is 5.91 Å². The lowest BCUT2D eigenvalue weighted by Crippen LogP contribution is -2.31. The maximum Gasteiger partial charge on any atom is 0.261 e. The van der Waals surface area contributed by atoms with Crippen LogP contribution in [-0.2, 0) is 17.8 Å². The Bertz CT molecular complexity index is 601. The molecule has 1 unspecified atom stereocenters. The zero-order valence-corrected chi connectivity index (χ0v) is 12.5. The lowest BCUT2D eigenvalue weighted by Gasteiger charge is -2.12. The van der Waals surface area contributed by atoms with Gasteiger partial charge in [-0.05, 0) is 17.2 Å². The number of rotatable bonds is 4. The van der Waals surface area contributed by atoms with Crippen molar-refractivity contribution in [3.63, 3.8) is 0 Å². The molecule has 1 aliphatic rings. The van der Waals surface area contributed by atoms with E-state index in [1.54, 1.807) is 11.3 Å². The van der Waals surface area contributed by atoms with E-state index >= 15 is 0 Å². The highest BCUT2D eigenvalue weighted by molar-refractivity contribution is 7.14. The van der Waals surface area contributed by atoms with Crippen molar-refractivity contribution in [2.75, 3.05) is 13.2 Å². The van der Waals surface area contributed by atoms with Crippen LogP contribution in [0.1, 0.15) is 31.7 Å². The van der Waals surface area contributed by atoms with E-state index in [9.17, 15) is 4.79 Å². The second-order valence-corrected chi connectivity index (χ2v) is 6.23. The van der Waals surface area contributed by atoms with Crippen molar-refractivity contribution >= 4 is 17.2 Å². The second kappa shape index (κ2) is 6.39. The summed E-state index contributed by atoms with van der Waals surface area (Å²) in [5.74, 6) is -0.0548. The first-order chi connectivity index (χ1) is 10.2. The molecule has 0 saturated carbocycles. The van der Waals surface area contributed by atoms with E-state index in [-0.39, 0.29) is 11.9 Å². The Hall–Kier alpha value is -1.69. The number of hydrogen-bond donors (Lipinski definition) is 2. The van der Waals surface area contributed by atoms with Gasteiger partial charge in [0.05, 0.1) is 18.1 Å². The molecule has 1 amide bonds. The number of fused-ring (bicyclic) bond motifs is 1. The van der Waals surface area contributed by atoms with Crippen molar-refractivity contribution in [1.29, 1.82) is 0 Å². The van der Waals surface area contributed by atoms with Crippen molar-refractivity contribution in [3.05, 3.63) is 57.3 Å². The molecule has 110 valence electrons. The Morgan fingerprint density at radius 3 is 2.95 bits per heavy atom. The van der Waals surface area contributed by atoms with Crippen molar-refractivity contribution in [2.45, 2.75) is 19.1 Å². The molecular formula is C16H18N2O2S. The molecule has 0 spiro atoms. The van der Waals surface area contributed by atoms with E-state index in [1.807, 2.05) is 36.4 Å². The molecule has 1 aromatic heterocycles. The smallest absolute Gasteiger partial charge is 0.261 e. The zero-order chi connectivity index (χ0) is 14.7. The summed E-state index contributed by atoms with van der Waals surface area (Å²) >= 11 is 1.56. The second-order valence-electron chi connectivity index (χ2n) is 5.09. The van der Waals surface area contributed by atoms with Crippen molar-refractivity contribution < 1.29 is 9.53 Å². The molecule has 3 rings (SSSR count). The molecule has 5 heteroatoms. The number of nitrogens with two attached hydrogens (primary N) is 1. The largest absolute Gasteiger partial charge is 0.376 e. The summed E-state index contributed by atoms with van der Waals surface area (Å²) < 4.78 is 5.40. The summed E-state index contributed by atoms with van der Waals surface area (Å²) in [6.07, 6.45) is 0.900. The van der Waals surface area contributed by atoms with Gasteiger partial charge in [-0.1, -0.05) is 30.3 Å². The Morgan fingerprint density at radius 1 is 1.38 bits per heavy atom. The molecule has 1 aromatic carbocycles. The van der Waals surface area contributed by atoms with E-state index in [2.05, 4.69) is 5.32 Å². The van der Waals surface area contributed by atoms with E-state index < -0.39 is 0 Å². The standard InChI is InChI=1S/C16H18N2O2S/c17-13(11-4-2-1-3-5-11)9-18-16(19)15-8-12-10-20-7-6-14(12)21-15/h1-5,8,13H,6-7,9-10,17H2,(H,18,19). The maximum atomic E-state index is 12.2. The molecule has 3 N–H and O–H groups in total. The first kappa shape index (κ1) is 14.3. The first-order valence-corrected chi connectivity index (χ1v) is 7.84. The SMILES string of the molecule is NC(CNC(=O)c1cc2c(s1)CCOC2)c1ccccc1. The number of benzene rings is 1. The molecule has 0 aliphatic carbocycles. The van der Waals surface area contributed by atoms with Crippen LogP contribution in [0.5, 0.6) is 0 Å². The van der Waals surface area contributed by atoms with E-state index in [0.29, 0.717) is 13.2 Å². The molecule has 2 heterocycles. The van der Waals surface area contributed by atoms with Gasteiger partial charge in [0.2, 0.25) is 0 Å². The number of hydrogen-bond acceptors (Lipinski definition) is 4. The normalized spacial score (nSPS) is 15.3. The molecule has 4 nitrogen and oxygen atoms in total. The molecule has 0 radical (unpaired) electrons. The fraction of sp³-hybridized carbons (Fsp3) is 0.312. The molecule has 2 aromatic rings. The van der Waals surface area contributed by atoms with Crippen LogP contribution in [0.15, 0.2) is 36.4 Å². The predicted octanol–water partition coefficient (Wildman–Crippen LogP) is 2.25. The molecule has 21 heavy (non-hydrogen) atoms. The number of amides is 1. The highest BCUT2D eigenvalue weighted by atomic mass is 32.1. The van der Waals surface area contributed by atoms with Crippen LogP contribution in [0.25, 0.3) is 0 Å². The highest BCUT2D eigenvalue weighted by Crippen LogP contribution is 2.26. The van der Waals surface area contributed by atoms with Gasteiger partial charge in [-0.25, -0.2) is 0 Å². The average molecular weight is 302 g/mol. The lowest BCUT2D eigenvalue weighted by atomic mass is 10.1. The Labute approximate surface area is 127 Å².